The lowest BCUT2D eigenvalue weighted by Gasteiger charge is -2.13. The molecule has 2 rings (SSSR count). The highest BCUT2D eigenvalue weighted by molar-refractivity contribution is 5.94. The van der Waals surface area contributed by atoms with Crippen LogP contribution in [0.2, 0.25) is 0 Å². The van der Waals surface area contributed by atoms with Crippen molar-refractivity contribution in [1.82, 2.24) is 5.32 Å². The molecule has 0 saturated heterocycles. The average Bonchev–Trinajstić information content (AvgIpc) is 2.69. The number of carbonyl (C=O) groups excluding carboxylic acids is 1. The summed E-state index contributed by atoms with van der Waals surface area (Å²) >= 11 is 0. The van der Waals surface area contributed by atoms with Crippen LogP contribution in [0.15, 0.2) is 36.4 Å². The van der Waals surface area contributed by atoms with Gasteiger partial charge in [0.2, 0.25) is 0 Å². The van der Waals surface area contributed by atoms with Crippen LogP contribution >= 0.6 is 0 Å². The van der Waals surface area contributed by atoms with Crippen LogP contribution in [0.4, 0.5) is 0 Å². The molecule has 0 aliphatic carbocycles. The van der Waals surface area contributed by atoms with E-state index in [0.717, 1.165) is 17.1 Å². The van der Waals surface area contributed by atoms with E-state index in [1.54, 1.807) is 32.4 Å². The van der Waals surface area contributed by atoms with Gasteiger partial charge in [-0.15, -0.1) is 0 Å². The number of benzene rings is 2. The highest BCUT2D eigenvalue weighted by Crippen LogP contribution is 2.29. The van der Waals surface area contributed by atoms with Gasteiger partial charge < -0.3 is 24.3 Å². The number of hydrogen-bond donors (Lipinski definition) is 1. The van der Waals surface area contributed by atoms with Gasteiger partial charge in [-0.2, -0.15) is 0 Å². The molecular weight excluding hydrogens is 346 g/mol. The first-order valence-corrected chi connectivity index (χ1v) is 9.01. The van der Waals surface area contributed by atoms with E-state index in [1.807, 2.05) is 32.0 Å². The van der Waals surface area contributed by atoms with Crippen LogP contribution in [0.3, 0.4) is 0 Å². The molecule has 0 radical (unpaired) electrons. The summed E-state index contributed by atoms with van der Waals surface area (Å²) in [5, 5.41) is 2.92. The predicted molar refractivity (Wildman–Crippen MR) is 104 cm³/mol. The summed E-state index contributed by atoms with van der Waals surface area (Å²) in [5.74, 6) is 2.41. The SMILES string of the molecule is CCOc1ccc(CCNC(=O)c2ccc(OC)c(OC)c2)cc1OCC. The molecule has 0 atom stereocenters. The quantitative estimate of drug-likeness (QED) is 0.691. The van der Waals surface area contributed by atoms with Crippen LogP contribution < -0.4 is 24.3 Å². The molecule has 27 heavy (non-hydrogen) atoms. The smallest absolute Gasteiger partial charge is 0.251 e. The summed E-state index contributed by atoms with van der Waals surface area (Å²) in [5.41, 5.74) is 1.59. The molecule has 146 valence electrons. The minimum absolute atomic E-state index is 0.160. The van der Waals surface area contributed by atoms with Gasteiger partial charge in [0, 0.05) is 12.1 Å². The highest BCUT2D eigenvalue weighted by Gasteiger charge is 2.11. The summed E-state index contributed by atoms with van der Waals surface area (Å²) in [6.45, 7) is 5.53. The van der Waals surface area contributed by atoms with Crippen molar-refractivity contribution < 1.29 is 23.7 Å². The van der Waals surface area contributed by atoms with Crippen LogP contribution in [-0.2, 0) is 6.42 Å². The zero-order valence-electron chi connectivity index (χ0n) is 16.3. The van der Waals surface area contributed by atoms with E-state index in [0.29, 0.717) is 43.2 Å². The van der Waals surface area contributed by atoms with E-state index >= 15 is 0 Å². The topological polar surface area (TPSA) is 66.0 Å². The minimum Gasteiger partial charge on any atom is -0.493 e. The zero-order chi connectivity index (χ0) is 19.6. The summed E-state index contributed by atoms with van der Waals surface area (Å²) in [4.78, 5) is 12.4. The van der Waals surface area contributed by atoms with E-state index in [2.05, 4.69) is 5.32 Å². The second-order valence-corrected chi connectivity index (χ2v) is 5.72. The predicted octanol–water partition coefficient (Wildman–Crippen LogP) is 3.47. The molecule has 1 amide bonds. The highest BCUT2D eigenvalue weighted by atomic mass is 16.5. The third-order valence-corrected chi connectivity index (χ3v) is 3.95. The van der Waals surface area contributed by atoms with Crippen LogP contribution in [0.1, 0.15) is 29.8 Å². The first kappa shape index (κ1) is 20.4. The molecule has 0 aliphatic heterocycles. The average molecular weight is 373 g/mol. The van der Waals surface area contributed by atoms with E-state index in [1.165, 1.54) is 0 Å². The fraction of sp³-hybridized carbons (Fsp3) is 0.381. The Morgan fingerprint density at radius 2 is 1.52 bits per heavy atom. The lowest BCUT2D eigenvalue weighted by molar-refractivity contribution is 0.0953. The molecule has 6 nitrogen and oxygen atoms in total. The number of nitrogens with one attached hydrogen (secondary N) is 1. The van der Waals surface area contributed by atoms with Crippen LogP contribution in [0, 0.1) is 0 Å². The number of ether oxygens (including phenoxy) is 4. The first-order chi connectivity index (χ1) is 13.1. The summed E-state index contributed by atoms with van der Waals surface area (Å²) < 4.78 is 21.6. The Kier molecular flexibility index (Phi) is 7.79. The molecule has 0 spiro atoms. The maximum atomic E-state index is 12.4. The Labute approximate surface area is 160 Å². The van der Waals surface area contributed by atoms with Crippen molar-refractivity contribution in [3.05, 3.63) is 47.5 Å². The molecule has 0 fully saturated rings. The molecule has 2 aromatic carbocycles. The fourth-order valence-corrected chi connectivity index (χ4v) is 2.65. The molecule has 0 unspecified atom stereocenters. The monoisotopic (exact) mass is 373 g/mol. The molecule has 2 aromatic rings. The third kappa shape index (κ3) is 5.54. The summed E-state index contributed by atoms with van der Waals surface area (Å²) in [6, 6.07) is 10.9. The van der Waals surface area contributed by atoms with Gasteiger partial charge in [0.25, 0.3) is 5.91 Å². The van der Waals surface area contributed by atoms with Gasteiger partial charge in [0.05, 0.1) is 27.4 Å². The van der Waals surface area contributed by atoms with Crippen molar-refractivity contribution in [3.63, 3.8) is 0 Å². The van der Waals surface area contributed by atoms with Gasteiger partial charge in [-0.1, -0.05) is 6.07 Å². The van der Waals surface area contributed by atoms with Crippen molar-refractivity contribution >= 4 is 5.91 Å². The van der Waals surface area contributed by atoms with Crippen molar-refractivity contribution in [2.75, 3.05) is 34.0 Å². The Morgan fingerprint density at radius 3 is 2.19 bits per heavy atom. The second-order valence-electron chi connectivity index (χ2n) is 5.72. The van der Waals surface area contributed by atoms with E-state index in [9.17, 15) is 4.79 Å². The number of rotatable bonds is 10. The maximum Gasteiger partial charge on any atom is 0.251 e. The summed E-state index contributed by atoms with van der Waals surface area (Å²) in [6.07, 6.45) is 0.686. The van der Waals surface area contributed by atoms with E-state index < -0.39 is 0 Å². The van der Waals surface area contributed by atoms with Crippen LogP contribution in [0.25, 0.3) is 0 Å². The Hall–Kier alpha value is -2.89. The molecule has 6 heteroatoms. The molecular formula is C21H27NO5. The van der Waals surface area contributed by atoms with Crippen molar-refractivity contribution in [2.45, 2.75) is 20.3 Å². The van der Waals surface area contributed by atoms with Gasteiger partial charge in [-0.25, -0.2) is 0 Å². The molecule has 0 aliphatic rings. The Morgan fingerprint density at radius 1 is 0.852 bits per heavy atom. The molecule has 0 bridgehead atoms. The molecule has 1 N–H and O–H groups in total. The van der Waals surface area contributed by atoms with E-state index in [-0.39, 0.29) is 5.91 Å². The third-order valence-electron chi connectivity index (χ3n) is 3.95. The van der Waals surface area contributed by atoms with Gasteiger partial charge in [0.1, 0.15) is 0 Å². The van der Waals surface area contributed by atoms with Gasteiger partial charge in [-0.05, 0) is 56.2 Å². The first-order valence-electron chi connectivity index (χ1n) is 9.01. The van der Waals surface area contributed by atoms with Gasteiger partial charge in [-0.3, -0.25) is 4.79 Å². The van der Waals surface area contributed by atoms with Gasteiger partial charge >= 0.3 is 0 Å². The lowest BCUT2D eigenvalue weighted by atomic mass is 10.1. The lowest BCUT2D eigenvalue weighted by Crippen LogP contribution is -2.25. The number of methoxy groups -OCH3 is 2. The van der Waals surface area contributed by atoms with Gasteiger partial charge in [0.15, 0.2) is 23.0 Å². The normalized spacial score (nSPS) is 10.2. The fourth-order valence-electron chi connectivity index (χ4n) is 2.65. The zero-order valence-corrected chi connectivity index (χ0v) is 16.3. The number of amides is 1. The molecule has 0 heterocycles. The largest absolute Gasteiger partial charge is 0.493 e. The molecule has 0 aromatic heterocycles. The van der Waals surface area contributed by atoms with Crippen LogP contribution in [-0.4, -0.2) is 39.9 Å². The number of carbonyl (C=O) groups is 1. The Balaban J connectivity index is 1.97. The number of hydrogen-bond acceptors (Lipinski definition) is 5. The van der Waals surface area contributed by atoms with E-state index in [4.69, 9.17) is 18.9 Å². The van der Waals surface area contributed by atoms with Crippen molar-refractivity contribution in [3.8, 4) is 23.0 Å². The standard InChI is InChI=1S/C21H27NO5/c1-5-26-18-9-7-15(13-20(18)27-6-2)11-12-22-21(23)16-8-10-17(24-3)19(14-16)25-4/h7-10,13-14H,5-6,11-12H2,1-4H3,(H,22,23). The summed E-state index contributed by atoms with van der Waals surface area (Å²) in [7, 11) is 3.10. The molecule has 0 saturated carbocycles. The Bertz CT molecular complexity index is 760. The maximum absolute atomic E-state index is 12.4. The minimum atomic E-state index is -0.160. The van der Waals surface area contributed by atoms with Crippen molar-refractivity contribution in [1.29, 1.82) is 0 Å². The second kappa shape index (κ2) is 10.3. The van der Waals surface area contributed by atoms with Crippen LogP contribution in [0.5, 0.6) is 23.0 Å². The van der Waals surface area contributed by atoms with Crippen molar-refractivity contribution in [2.24, 2.45) is 0 Å².